The van der Waals surface area contributed by atoms with Crippen molar-refractivity contribution >= 4 is 17.5 Å². The summed E-state index contributed by atoms with van der Waals surface area (Å²) in [5.74, 6) is -0.399. The third kappa shape index (κ3) is 3.70. The van der Waals surface area contributed by atoms with Crippen molar-refractivity contribution in [1.29, 1.82) is 0 Å². The topological polar surface area (TPSA) is 58.4 Å². The van der Waals surface area contributed by atoms with E-state index in [2.05, 4.69) is 5.32 Å². The van der Waals surface area contributed by atoms with Crippen molar-refractivity contribution in [2.24, 2.45) is 5.73 Å². The van der Waals surface area contributed by atoms with Crippen molar-refractivity contribution in [3.8, 4) is 0 Å². The van der Waals surface area contributed by atoms with E-state index in [0.717, 1.165) is 12.1 Å². The van der Waals surface area contributed by atoms with Gasteiger partial charge in [-0.1, -0.05) is 23.7 Å². The highest BCUT2D eigenvalue weighted by molar-refractivity contribution is 6.30. The van der Waals surface area contributed by atoms with Crippen LogP contribution in [0.25, 0.3) is 0 Å². The third-order valence-corrected chi connectivity index (χ3v) is 3.20. The van der Waals surface area contributed by atoms with Crippen molar-refractivity contribution in [3.63, 3.8) is 0 Å². The Labute approximate surface area is 113 Å². The number of hydrogen-bond acceptors (Lipinski definition) is 3. The van der Waals surface area contributed by atoms with E-state index >= 15 is 0 Å². The minimum absolute atomic E-state index is 0.399. The summed E-state index contributed by atoms with van der Waals surface area (Å²) < 4.78 is 0. The Morgan fingerprint density at radius 2 is 1.94 bits per heavy atom. The predicted molar refractivity (Wildman–Crippen MR) is 74.6 cm³/mol. The molecule has 0 aliphatic rings. The summed E-state index contributed by atoms with van der Waals surface area (Å²) in [7, 11) is 3.96. The van der Waals surface area contributed by atoms with Crippen LogP contribution in [-0.2, 0) is 10.3 Å². The SMILES string of the molecule is CN(C)CCNC(C)(C(N)=O)c1ccc(Cl)cc1. The van der Waals surface area contributed by atoms with Gasteiger partial charge in [0.1, 0.15) is 5.54 Å². The first-order chi connectivity index (χ1) is 8.36. The molecule has 0 saturated heterocycles. The molecule has 5 heteroatoms. The first-order valence-corrected chi connectivity index (χ1v) is 6.20. The van der Waals surface area contributed by atoms with Crippen LogP contribution in [0, 0.1) is 0 Å². The number of nitrogens with zero attached hydrogens (tertiary/aromatic N) is 1. The number of carbonyl (C=O) groups excluding carboxylic acids is 1. The van der Waals surface area contributed by atoms with Gasteiger partial charge in [0.2, 0.25) is 5.91 Å². The first kappa shape index (κ1) is 15.0. The Balaban J connectivity index is 2.86. The molecule has 100 valence electrons. The summed E-state index contributed by atoms with van der Waals surface area (Å²) in [5.41, 5.74) is 5.45. The third-order valence-electron chi connectivity index (χ3n) is 2.95. The highest BCUT2D eigenvalue weighted by Gasteiger charge is 2.32. The van der Waals surface area contributed by atoms with Crippen molar-refractivity contribution in [2.45, 2.75) is 12.5 Å². The monoisotopic (exact) mass is 269 g/mol. The van der Waals surface area contributed by atoms with Crippen LogP contribution in [0.1, 0.15) is 12.5 Å². The number of likely N-dealkylation sites (N-methyl/N-ethyl adjacent to an activating group) is 1. The predicted octanol–water partition coefficient (Wildman–Crippen LogP) is 1.19. The standard InChI is InChI=1S/C13H20ClN3O/c1-13(12(15)18,16-8-9-17(2)3)10-4-6-11(14)7-5-10/h4-7,16H,8-9H2,1-3H3,(H2,15,18). The van der Waals surface area contributed by atoms with Crippen LogP contribution in [0.3, 0.4) is 0 Å². The minimum Gasteiger partial charge on any atom is -0.368 e. The van der Waals surface area contributed by atoms with E-state index < -0.39 is 11.4 Å². The Morgan fingerprint density at radius 1 is 1.39 bits per heavy atom. The molecule has 0 radical (unpaired) electrons. The van der Waals surface area contributed by atoms with E-state index in [9.17, 15) is 4.79 Å². The van der Waals surface area contributed by atoms with E-state index in [1.165, 1.54) is 0 Å². The van der Waals surface area contributed by atoms with Gasteiger partial charge in [0.15, 0.2) is 0 Å². The zero-order valence-electron chi connectivity index (χ0n) is 11.0. The molecule has 0 aromatic heterocycles. The molecule has 1 aromatic rings. The second-order valence-corrected chi connectivity index (χ2v) is 5.16. The van der Waals surface area contributed by atoms with Gasteiger partial charge < -0.3 is 10.6 Å². The van der Waals surface area contributed by atoms with Gasteiger partial charge in [-0.3, -0.25) is 10.1 Å². The normalized spacial score (nSPS) is 14.5. The van der Waals surface area contributed by atoms with Crippen LogP contribution in [0.4, 0.5) is 0 Å². The molecule has 0 fully saturated rings. The first-order valence-electron chi connectivity index (χ1n) is 5.82. The molecule has 1 atom stereocenters. The minimum atomic E-state index is -0.874. The second kappa shape index (κ2) is 6.18. The van der Waals surface area contributed by atoms with Gasteiger partial charge in [0, 0.05) is 18.1 Å². The molecule has 18 heavy (non-hydrogen) atoms. The smallest absolute Gasteiger partial charge is 0.242 e. The lowest BCUT2D eigenvalue weighted by Crippen LogP contribution is -2.51. The Hall–Kier alpha value is -1.10. The lowest BCUT2D eigenvalue weighted by atomic mass is 9.91. The molecule has 0 bridgehead atoms. The maximum absolute atomic E-state index is 11.7. The van der Waals surface area contributed by atoms with Crippen LogP contribution < -0.4 is 11.1 Å². The number of halogens is 1. The van der Waals surface area contributed by atoms with E-state index in [-0.39, 0.29) is 0 Å². The Bertz CT molecular complexity index is 405. The molecule has 1 rings (SSSR count). The van der Waals surface area contributed by atoms with Crippen molar-refractivity contribution in [2.75, 3.05) is 27.2 Å². The largest absolute Gasteiger partial charge is 0.368 e. The number of primary amides is 1. The molecule has 4 nitrogen and oxygen atoms in total. The van der Waals surface area contributed by atoms with Crippen LogP contribution in [0.2, 0.25) is 5.02 Å². The Kier molecular flexibility index (Phi) is 5.14. The molecule has 3 N–H and O–H groups in total. The lowest BCUT2D eigenvalue weighted by molar-refractivity contribution is -0.124. The van der Waals surface area contributed by atoms with E-state index in [1.807, 2.05) is 31.1 Å². The number of nitrogens with one attached hydrogen (secondary N) is 1. The van der Waals surface area contributed by atoms with Crippen molar-refractivity contribution in [1.82, 2.24) is 10.2 Å². The summed E-state index contributed by atoms with van der Waals surface area (Å²) in [6, 6.07) is 7.14. The van der Waals surface area contributed by atoms with Gasteiger partial charge in [-0.25, -0.2) is 0 Å². The summed E-state index contributed by atoms with van der Waals surface area (Å²) >= 11 is 5.84. The van der Waals surface area contributed by atoms with Crippen LogP contribution in [0.15, 0.2) is 24.3 Å². The number of rotatable bonds is 6. The maximum Gasteiger partial charge on any atom is 0.242 e. The molecule has 0 aliphatic carbocycles. The molecule has 0 saturated carbocycles. The van der Waals surface area contributed by atoms with Crippen LogP contribution >= 0.6 is 11.6 Å². The number of amides is 1. The van der Waals surface area contributed by atoms with Crippen molar-refractivity contribution in [3.05, 3.63) is 34.9 Å². The number of carbonyl (C=O) groups is 1. The molecule has 0 heterocycles. The van der Waals surface area contributed by atoms with E-state index in [0.29, 0.717) is 11.6 Å². The average molecular weight is 270 g/mol. The van der Waals surface area contributed by atoms with Gasteiger partial charge in [-0.2, -0.15) is 0 Å². The van der Waals surface area contributed by atoms with E-state index in [4.69, 9.17) is 17.3 Å². The highest BCUT2D eigenvalue weighted by Crippen LogP contribution is 2.22. The molecule has 0 aliphatic heterocycles. The van der Waals surface area contributed by atoms with Crippen LogP contribution in [-0.4, -0.2) is 38.0 Å². The number of nitrogens with two attached hydrogens (primary N) is 1. The lowest BCUT2D eigenvalue weighted by Gasteiger charge is -2.29. The fraction of sp³-hybridized carbons (Fsp3) is 0.462. The van der Waals surface area contributed by atoms with Crippen molar-refractivity contribution < 1.29 is 4.79 Å². The summed E-state index contributed by atoms with van der Waals surface area (Å²) in [6.45, 7) is 3.29. The zero-order chi connectivity index (χ0) is 13.8. The summed E-state index contributed by atoms with van der Waals surface area (Å²) in [5, 5.41) is 3.84. The zero-order valence-corrected chi connectivity index (χ0v) is 11.8. The van der Waals surface area contributed by atoms with Gasteiger partial charge in [-0.15, -0.1) is 0 Å². The average Bonchev–Trinajstić information content (AvgIpc) is 2.28. The number of hydrogen-bond donors (Lipinski definition) is 2. The summed E-state index contributed by atoms with van der Waals surface area (Å²) in [6.07, 6.45) is 0. The second-order valence-electron chi connectivity index (χ2n) is 4.73. The molecular formula is C13H20ClN3O. The number of benzene rings is 1. The highest BCUT2D eigenvalue weighted by atomic mass is 35.5. The fourth-order valence-electron chi connectivity index (χ4n) is 1.64. The van der Waals surface area contributed by atoms with Crippen LogP contribution in [0.5, 0.6) is 0 Å². The molecule has 1 aromatic carbocycles. The maximum atomic E-state index is 11.7. The van der Waals surface area contributed by atoms with Gasteiger partial charge in [0.05, 0.1) is 0 Å². The van der Waals surface area contributed by atoms with Gasteiger partial charge in [0.25, 0.3) is 0 Å². The quantitative estimate of drug-likeness (QED) is 0.816. The van der Waals surface area contributed by atoms with Gasteiger partial charge in [-0.05, 0) is 38.7 Å². The summed E-state index contributed by atoms with van der Waals surface area (Å²) in [4.78, 5) is 13.7. The molecule has 1 unspecified atom stereocenters. The molecular weight excluding hydrogens is 250 g/mol. The molecule has 1 amide bonds. The molecule has 0 spiro atoms. The van der Waals surface area contributed by atoms with E-state index in [1.54, 1.807) is 19.1 Å². The van der Waals surface area contributed by atoms with Gasteiger partial charge >= 0.3 is 0 Å². The fourth-order valence-corrected chi connectivity index (χ4v) is 1.77. The Morgan fingerprint density at radius 3 is 2.39 bits per heavy atom.